The van der Waals surface area contributed by atoms with E-state index in [1.54, 1.807) is 0 Å². The Morgan fingerprint density at radius 1 is 1.06 bits per heavy atom. The molecule has 1 fully saturated rings. The minimum Gasteiger partial charge on any atom is -0.378 e. The second-order valence-corrected chi connectivity index (χ2v) is 8.85. The summed E-state index contributed by atoms with van der Waals surface area (Å²) in [4.78, 5) is 27.3. The van der Waals surface area contributed by atoms with E-state index in [0.29, 0.717) is 11.6 Å². The molecule has 0 spiro atoms. The largest absolute Gasteiger partial charge is 0.378 e. The molecule has 2 aromatic carbocycles. The van der Waals surface area contributed by atoms with Crippen LogP contribution in [0.25, 0.3) is 10.6 Å². The van der Waals surface area contributed by atoms with Gasteiger partial charge in [0.25, 0.3) is 0 Å². The normalized spacial score (nSPS) is 14.0. The predicted molar refractivity (Wildman–Crippen MR) is 123 cm³/mol. The monoisotopic (exact) mass is 435 g/mol. The molecule has 0 saturated heterocycles. The van der Waals surface area contributed by atoms with Crippen molar-refractivity contribution in [3.63, 3.8) is 0 Å². The maximum atomic E-state index is 13.0. The third-order valence-corrected chi connectivity index (χ3v) is 6.04. The van der Waals surface area contributed by atoms with Gasteiger partial charge in [-0.1, -0.05) is 41.7 Å². The molecule has 0 radical (unpaired) electrons. The van der Waals surface area contributed by atoms with Gasteiger partial charge in [-0.2, -0.15) is 0 Å². The Morgan fingerprint density at radius 2 is 1.77 bits per heavy atom. The van der Waals surface area contributed by atoms with Gasteiger partial charge in [0.2, 0.25) is 16.9 Å². The fraction of sp³-hybridized carbons (Fsp3) is 0.304. The predicted octanol–water partition coefficient (Wildman–Crippen LogP) is 3.35. The van der Waals surface area contributed by atoms with Crippen molar-refractivity contribution in [3.05, 3.63) is 60.2 Å². The number of carbonyl (C=O) groups excluding carboxylic acids is 2. The molecule has 2 N–H and O–H groups in total. The molecule has 8 heteroatoms. The SMILES string of the molecule is CN(C)c1ccc(-c2nnc(NC(=O)C(Cc3ccccc3)NC(=O)C3CC3)s2)cc1. The highest BCUT2D eigenvalue weighted by molar-refractivity contribution is 7.18. The van der Waals surface area contributed by atoms with Crippen molar-refractivity contribution >= 4 is 34.0 Å². The van der Waals surface area contributed by atoms with Gasteiger partial charge in [-0.3, -0.25) is 14.9 Å². The highest BCUT2D eigenvalue weighted by atomic mass is 32.1. The van der Waals surface area contributed by atoms with Crippen LogP contribution >= 0.6 is 11.3 Å². The third-order valence-electron chi connectivity index (χ3n) is 5.15. The Morgan fingerprint density at radius 3 is 2.42 bits per heavy atom. The van der Waals surface area contributed by atoms with E-state index < -0.39 is 6.04 Å². The second-order valence-electron chi connectivity index (χ2n) is 7.87. The molecule has 1 unspecified atom stereocenters. The molecule has 1 aliphatic rings. The molecule has 1 aromatic heterocycles. The van der Waals surface area contributed by atoms with Crippen LogP contribution in [0.2, 0.25) is 0 Å². The first-order chi connectivity index (χ1) is 15.0. The van der Waals surface area contributed by atoms with Crippen LogP contribution in [-0.4, -0.2) is 42.1 Å². The summed E-state index contributed by atoms with van der Waals surface area (Å²) < 4.78 is 0. The van der Waals surface area contributed by atoms with E-state index in [-0.39, 0.29) is 17.7 Å². The zero-order valence-electron chi connectivity index (χ0n) is 17.5. The highest BCUT2D eigenvalue weighted by Gasteiger charge is 2.33. The van der Waals surface area contributed by atoms with Gasteiger partial charge in [0, 0.05) is 37.7 Å². The van der Waals surface area contributed by atoms with E-state index >= 15 is 0 Å². The van der Waals surface area contributed by atoms with Gasteiger partial charge in [0.15, 0.2) is 0 Å². The van der Waals surface area contributed by atoms with E-state index in [4.69, 9.17) is 0 Å². The summed E-state index contributed by atoms with van der Waals surface area (Å²) in [7, 11) is 3.98. The van der Waals surface area contributed by atoms with E-state index in [1.807, 2.05) is 73.6 Å². The molecule has 1 aliphatic carbocycles. The summed E-state index contributed by atoms with van der Waals surface area (Å²) in [5.74, 6) is -0.317. The number of hydrogen-bond acceptors (Lipinski definition) is 6. The van der Waals surface area contributed by atoms with Crippen LogP contribution in [0.3, 0.4) is 0 Å². The number of aromatic nitrogens is 2. The van der Waals surface area contributed by atoms with Crippen molar-refractivity contribution in [1.82, 2.24) is 15.5 Å². The minimum absolute atomic E-state index is 0.0318. The molecular weight excluding hydrogens is 410 g/mol. The zero-order valence-corrected chi connectivity index (χ0v) is 18.4. The van der Waals surface area contributed by atoms with Crippen LogP contribution in [0.15, 0.2) is 54.6 Å². The topological polar surface area (TPSA) is 87.2 Å². The van der Waals surface area contributed by atoms with Crippen LogP contribution in [0.5, 0.6) is 0 Å². The van der Waals surface area contributed by atoms with Gasteiger partial charge in [-0.25, -0.2) is 0 Å². The standard InChI is InChI=1S/C23H25N5O2S/c1-28(2)18-12-10-17(11-13-18)22-26-27-23(31-22)25-21(30)19(24-20(29)16-8-9-16)14-15-6-4-3-5-7-15/h3-7,10-13,16,19H,8-9,14H2,1-2H3,(H,24,29)(H,25,27,30). The van der Waals surface area contributed by atoms with E-state index in [2.05, 4.69) is 20.8 Å². The molecule has 3 aromatic rings. The number of hydrogen-bond donors (Lipinski definition) is 2. The Labute approximate surface area is 185 Å². The number of amides is 2. The summed E-state index contributed by atoms with van der Waals surface area (Å²) in [5, 5.41) is 15.2. The van der Waals surface area contributed by atoms with Crippen LogP contribution in [-0.2, 0) is 16.0 Å². The lowest BCUT2D eigenvalue weighted by molar-refractivity contribution is -0.127. The first-order valence-corrected chi connectivity index (χ1v) is 11.1. The van der Waals surface area contributed by atoms with Gasteiger partial charge in [0.05, 0.1) is 0 Å². The molecule has 1 atom stereocenters. The molecule has 4 rings (SSSR count). The number of benzene rings is 2. The van der Waals surface area contributed by atoms with Crippen molar-refractivity contribution in [2.24, 2.45) is 5.92 Å². The maximum Gasteiger partial charge on any atom is 0.249 e. The average molecular weight is 436 g/mol. The number of nitrogens with zero attached hydrogens (tertiary/aromatic N) is 3. The number of nitrogens with one attached hydrogen (secondary N) is 2. The van der Waals surface area contributed by atoms with Crippen molar-refractivity contribution in [2.75, 3.05) is 24.3 Å². The second kappa shape index (κ2) is 9.26. The van der Waals surface area contributed by atoms with Gasteiger partial charge in [-0.15, -0.1) is 10.2 Å². The molecule has 31 heavy (non-hydrogen) atoms. The summed E-state index contributed by atoms with van der Waals surface area (Å²) in [6, 6.07) is 17.0. The minimum atomic E-state index is -0.665. The van der Waals surface area contributed by atoms with Gasteiger partial charge < -0.3 is 10.2 Å². The fourth-order valence-electron chi connectivity index (χ4n) is 3.18. The van der Waals surface area contributed by atoms with Gasteiger partial charge in [0.1, 0.15) is 11.0 Å². The summed E-state index contributed by atoms with van der Waals surface area (Å²) in [6.07, 6.45) is 2.19. The van der Waals surface area contributed by atoms with Crippen LogP contribution in [0.4, 0.5) is 10.8 Å². The zero-order chi connectivity index (χ0) is 21.8. The summed E-state index contributed by atoms with van der Waals surface area (Å²) in [5.41, 5.74) is 3.01. The van der Waals surface area contributed by atoms with E-state index in [0.717, 1.165) is 34.7 Å². The summed E-state index contributed by atoms with van der Waals surface area (Å²) in [6.45, 7) is 0. The lowest BCUT2D eigenvalue weighted by Crippen LogP contribution is -2.45. The smallest absolute Gasteiger partial charge is 0.249 e. The number of rotatable bonds is 8. The Bertz CT molecular complexity index is 1050. The highest BCUT2D eigenvalue weighted by Crippen LogP contribution is 2.30. The van der Waals surface area contributed by atoms with E-state index in [1.165, 1.54) is 11.3 Å². The summed E-state index contributed by atoms with van der Waals surface area (Å²) >= 11 is 1.31. The molecule has 2 amide bonds. The Balaban J connectivity index is 1.45. The molecule has 1 heterocycles. The molecule has 0 aliphatic heterocycles. The number of anilines is 2. The van der Waals surface area contributed by atoms with Crippen molar-refractivity contribution in [1.29, 1.82) is 0 Å². The Hall–Kier alpha value is -3.26. The first kappa shape index (κ1) is 21.0. The molecule has 160 valence electrons. The molecule has 0 bridgehead atoms. The van der Waals surface area contributed by atoms with Gasteiger partial charge in [-0.05, 0) is 42.7 Å². The lowest BCUT2D eigenvalue weighted by Gasteiger charge is -2.17. The quantitative estimate of drug-likeness (QED) is 0.567. The van der Waals surface area contributed by atoms with Crippen LogP contribution in [0.1, 0.15) is 18.4 Å². The molecule has 1 saturated carbocycles. The van der Waals surface area contributed by atoms with Crippen molar-refractivity contribution in [2.45, 2.75) is 25.3 Å². The van der Waals surface area contributed by atoms with Crippen molar-refractivity contribution in [3.8, 4) is 10.6 Å². The third kappa shape index (κ3) is 5.46. The van der Waals surface area contributed by atoms with Crippen LogP contribution in [0, 0.1) is 5.92 Å². The fourth-order valence-corrected chi connectivity index (χ4v) is 3.93. The first-order valence-electron chi connectivity index (χ1n) is 10.3. The molecule has 7 nitrogen and oxygen atoms in total. The Kier molecular flexibility index (Phi) is 6.27. The molecular formula is C23H25N5O2S. The van der Waals surface area contributed by atoms with Gasteiger partial charge >= 0.3 is 0 Å². The van der Waals surface area contributed by atoms with Crippen LogP contribution < -0.4 is 15.5 Å². The van der Waals surface area contributed by atoms with Crippen molar-refractivity contribution < 1.29 is 9.59 Å². The average Bonchev–Trinajstić information content (AvgIpc) is 3.53. The number of carbonyl (C=O) groups is 2. The lowest BCUT2D eigenvalue weighted by atomic mass is 10.1. The van der Waals surface area contributed by atoms with E-state index in [9.17, 15) is 9.59 Å². The maximum absolute atomic E-state index is 13.0.